The number of hydrogen-bond donors (Lipinski definition) is 0. The molecule has 0 bridgehead atoms. The molecular formula is C20H30N4O5S. The van der Waals surface area contributed by atoms with E-state index in [2.05, 4.69) is 4.90 Å². The largest absolute Gasteiger partial charge is 0.444 e. The zero-order chi connectivity index (χ0) is 21.9. The lowest BCUT2D eigenvalue weighted by Gasteiger charge is -2.26. The Kier molecular flexibility index (Phi) is 6.56. The second-order valence-electron chi connectivity index (χ2n) is 8.39. The Morgan fingerprint density at radius 1 is 1.13 bits per heavy atom. The summed E-state index contributed by atoms with van der Waals surface area (Å²) in [5.74, 6) is 0.749. The van der Waals surface area contributed by atoms with Crippen LogP contribution in [-0.4, -0.2) is 73.6 Å². The first kappa shape index (κ1) is 22.4. The lowest BCUT2D eigenvalue weighted by Crippen LogP contribution is -2.39. The molecule has 0 saturated carbocycles. The van der Waals surface area contributed by atoms with Crippen LogP contribution in [0.5, 0.6) is 0 Å². The van der Waals surface area contributed by atoms with Gasteiger partial charge in [-0.3, -0.25) is 4.18 Å². The molecule has 0 radical (unpaired) electrons. The Morgan fingerprint density at radius 2 is 1.87 bits per heavy atom. The Hall–Kier alpha value is -2.33. The summed E-state index contributed by atoms with van der Waals surface area (Å²) in [4.78, 5) is 21.1. The van der Waals surface area contributed by atoms with Crippen LogP contribution in [0, 0.1) is 0 Å². The van der Waals surface area contributed by atoms with Gasteiger partial charge in [0.05, 0.1) is 30.4 Å². The van der Waals surface area contributed by atoms with Crippen LogP contribution in [0.4, 0.5) is 10.7 Å². The van der Waals surface area contributed by atoms with E-state index in [4.69, 9.17) is 13.9 Å². The molecule has 1 aromatic heterocycles. The van der Waals surface area contributed by atoms with E-state index >= 15 is 0 Å². The molecule has 30 heavy (non-hydrogen) atoms. The van der Waals surface area contributed by atoms with Crippen LogP contribution < -0.4 is 4.90 Å². The van der Waals surface area contributed by atoms with Crippen molar-refractivity contribution in [3.8, 4) is 0 Å². The predicted molar refractivity (Wildman–Crippen MR) is 115 cm³/mol. The van der Waals surface area contributed by atoms with E-state index in [0.717, 1.165) is 36.2 Å². The van der Waals surface area contributed by atoms with Crippen LogP contribution in [0.1, 0.15) is 27.2 Å². The molecule has 1 saturated heterocycles. The maximum Gasteiger partial charge on any atom is 0.410 e. The fraction of sp³-hybridized carbons (Fsp3) is 0.600. The molecule has 0 N–H and O–H groups in total. The van der Waals surface area contributed by atoms with Gasteiger partial charge in [0.1, 0.15) is 5.60 Å². The summed E-state index contributed by atoms with van der Waals surface area (Å²) in [6.45, 7) is 8.44. The number of carbonyl (C=O) groups excluding carboxylic acids is 1. The molecule has 9 nitrogen and oxygen atoms in total. The standard InChI is InChI=1S/C20H30N4O5S/c1-20(2,3)29-19(25)23-11-7-10-22(12-13-23)18-21-16-8-5-6-9-17(16)24(18)14-15-28-30(4,26)27/h5-6,8-9H,7,10-15H2,1-4H3. The summed E-state index contributed by atoms with van der Waals surface area (Å²) in [5.41, 5.74) is 1.22. The van der Waals surface area contributed by atoms with E-state index in [9.17, 15) is 13.2 Å². The molecule has 1 aliphatic heterocycles. The van der Waals surface area contributed by atoms with E-state index in [1.807, 2.05) is 49.6 Å². The van der Waals surface area contributed by atoms with Gasteiger partial charge < -0.3 is 19.1 Å². The summed E-state index contributed by atoms with van der Waals surface area (Å²) in [6.07, 6.45) is 1.52. The number of anilines is 1. The molecule has 1 fully saturated rings. The quantitative estimate of drug-likeness (QED) is 0.662. The van der Waals surface area contributed by atoms with Gasteiger partial charge in [-0.05, 0) is 39.3 Å². The lowest BCUT2D eigenvalue weighted by atomic mass is 10.2. The van der Waals surface area contributed by atoms with Crippen LogP contribution in [-0.2, 0) is 25.6 Å². The number of amides is 1. The van der Waals surface area contributed by atoms with Crippen LogP contribution in [0.25, 0.3) is 11.0 Å². The first-order valence-corrected chi connectivity index (χ1v) is 11.9. The lowest BCUT2D eigenvalue weighted by molar-refractivity contribution is 0.0263. The summed E-state index contributed by atoms with van der Waals surface area (Å²) < 4.78 is 35.1. The van der Waals surface area contributed by atoms with Crippen molar-refractivity contribution in [1.82, 2.24) is 14.5 Å². The summed E-state index contributed by atoms with van der Waals surface area (Å²) >= 11 is 0. The predicted octanol–water partition coefficient (Wildman–Crippen LogP) is 2.46. The Labute approximate surface area is 177 Å². The maximum absolute atomic E-state index is 12.4. The number of benzene rings is 1. The molecule has 1 aliphatic rings. The first-order valence-electron chi connectivity index (χ1n) is 10.1. The molecule has 10 heteroatoms. The van der Waals surface area contributed by atoms with E-state index < -0.39 is 15.7 Å². The van der Waals surface area contributed by atoms with Crippen molar-refractivity contribution >= 4 is 33.2 Å². The van der Waals surface area contributed by atoms with Gasteiger partial charge in [0.2, 0.25) is 5.95 Å². The number of rotatable bonds is 5. The first-order chi connectivity index (χ1) is 14.0. The number of ether oxygens (including phenoxy) is 1. The Bertz CT molecular complexity index is 996. The van der Waals surface area contributed by atoms with Gasteiger partial charge in [-0.2, -0.15) is 8.42 Å². The summed E-state index contributed by atoms with van der Waals surface area (Å²) in [7, 11) is -3.51. The molecule has 166 valence electrons. The Balaban J connectivity index is 1.78. The minimum atomic E-state index is -3.51. The average molecular weight is 439 g/mol. The average Bonchev–Trinajstić information content (AvgIpc) is 2.82. The zero-order valence-corrected chi connectivity index (χ0v) is 18.8. The number of aromatic nitrogens is 2. The van der Waals surface area contributed by atoms with Crippen molar-refractivity contribution in [1.29, 1.82) is 0 Å². The number of imidazole rings is 1. The molecule has 1 aromatic carbocycles. The van der Waals surface area contributed by atoms with E-state index in [-0.39, 0.29) is 12.7 Å². The van der Waals surface area contributed by atoms with Gasteiger partial charge in [-0.1, -0.05) is 12.1 Å². The number of fused-ring (bicyclic) bond motifs is 1. The third-order valence-electron chi connectivity index (χ3n) is 4.68. The summed E-state index contributed by atoms with van der Waals surface area (Å²) in [6, 6.07) is 7.73. The SMILES string of the molecule is CC(C)(C)OC(=O)N1CCCN(c2nc3ccccc3n2CCOS(C)(=O)=O)CC1. The minimum Gasteiger partial charge on any atom is -0.444 e. The molecule has 0 unspecified atom stereocenters. The third kappa shape index (κ3) is 5.85. The summed E-state index contributed by atoms with van der Waals surface area (Å²) in [5, 5.41) is 0. The van der Waals surface area contributed by atoms with E-state index in [1.54, 1.807) is 4.90 Å². The smallest absolute Gasteiger partial charge is 0.410 e. The fourth-order valence-corrected chi connectivity index (χ4v) is 3.81. The van der Waals surface area contributed by atoms with Crippen molar-refractivity contribution < 1.29 is 22.1 Å². The van der Waals surface area contributed by atoms with Crippen LogP contribution in [0.15, 0.2) is 24.3 Å². The molecule has 0 atom stereocenters. The highest BCUT2D eigenvalue weighted by Crippen LogP contribution is 2.24. The van der Waals surface area contributed by atoms with Crippen molar-refractivity contribution in [2.45, 2.75) is 39.3 Å². The van der Waals surface area contributed by atoms with Crippen molar-refractivity contribution in [3.05, 3.63) is 24.3 Å². The minimum absolute atomic E-state index is 0.0318. The van der Waals surface area contributed by atoms with Gasteiger partial charge in [-0.25, -0.2) is 9.78 Å². The van der Waals surface area contributed by atoms with Crippen LogP contribution in [0.2, 0.25) is 0 Å². The fourth-order valence-electron chi connectivity index (χ4n) is 3.43. The van der Waals surface area contributed by atoms with Crippen molar-refractivity contribution in [2.75, 3.05) is 43.9 Å². The normalized spacial score (nSPS) is 16.0. The van der Waals surface area contributed by atoms with Gasteiger partial charge in [0.25, 0.3) is 10.1 Å². The number of carbonyl (C=O) groups is 1. The van der Waals surface area contributed by atoms with Gasteiger partial charge in [0.15, 0.2) is 0 Å². The molecule has 0 spiro atoms. The van der Waals surface area contributed by atoms with E-state index in [0.29, 0.717) is 26.2 Å². The highest BCUT2D eigenvalue weighted by atomic mass is 32.2. The molecule has 1 amide bonds. The zero-order valence-electron chi connectivity index (χ0n) is 18.0. The monoisotopic (exact) mass is 438 g/mol. The third-order valence-corrected chi connectivity index (χ3v) is 5.27. The van der Waals surface area contributed by atoms with Crippen molar-refractivity contribution in [3.63, 3.8) is 0 Å². The van der Waals surface area contributed by atoms with Gasteiger partial charge >= 0.3 is 6.09 Å². The van der Waals surface area contributed by atoms with Crippen molar-refractivity contribution in [2.24, 2.45) is 0 Å². The molecule has 2 heterocycles. The van der Waals surface area contributed by atoms with Crippen LogP contribution in [0.3, 0.4) is 0 Å². The highest BCUT2D eigenvalue weighted by Gasteiger charge is 2.26. The molecule has 0 aliphatic carbocycles. The van der Waals surface area contributed by atoms with Gasteiger partial charge in [0, 0.05) is 26.2 Å². The number of para-hydroxylation sites is 2. The molecule has 3 rings (SSSR count). The second-order valence-corrected chi connectivity index (χ2v) is 10.0. The van der Waals surface area contributed by atoms with Gasteiger partial charge in [-0.15, -0.1) is 0 Å². The highest BCUT2D eigenvalue weighted by molar-refractivity contribution is 7.85. The molecule has 2 aromatic rings. The number of hydrogen-bond acceptors (Lipinski definition) is 7. The van der Waals surface area contributed by atoms with Crippen LogP contribution >= 0.6 is 0 Å². The maximum atomic E-state index is 12.4. The second kappa shape index (κ2) is 8.81. The molecular weight excluding hydrogens is 408 g/mol. The van der Waals surface area contributed by atoms with E-state index in [1.165, 1.54) is 0 Å². The number of nitrogens with zero attached hydrogens (tertiary/aromatic N) is 4. The Morgan fingerprint density at radius 3 is 2.57 bits per heavy atom. The topological polar surface area (TPSA) is 94.0 Å².